The number of halogens is 5. The number of benzene rings is 8. The molecule has 0 saturated carbocycles. The molecule has 16 aromatic rings. The number of fused-ring (bicyclic) bond motifs is 4. The van der Waals surface area contributed by atoms with Crippen LogP contribution >= 0.6 is 0 Å². The number of nitrogens with one attached hydrogen (secondary N) is 2. The largest absolute Gasteiger partial charge is 1.00 e. The molecule has 0 aliphatic rings. The molecule has 0 spiro atoms. The molecular formula is C93H99Cs2F5N18O14. The number of aromatic carboxylic acids is 1. The van der Waals surface area contributed by atoms with E-state index < -0.39 is 56.5 Å². The number of nitrogens with two attached hydrogens (primary N) is 3. The topological polar surface area (TPSA) is 467 Å². The molecule has 0 radical (unpaired) electrons. The van der Waals surface area contributed by atoms with Crippen molar-refractivity contribution in [2.75, 3.05) is 22.5 Å². The van der Waals surface area contributed by atoms with Gasteiger partial charge in [0.15, 0.2) is 63.2 Å². The molecule has 16 rings (SSSR count). The Morgan fingerprint density at radius 2 is 0.803 bits per heavy atom. The van der Waals surface area contributed by atoms with Crippen LogP contribution in [0.15, 0.2) is 212 Å². The molecule has 1 amide bonds. The van der Waals surface area contributed by atoms with Crippen molar-refractivity contribution in [3.63, 3.8) is 0 Å². The van der Waals surface area contributed by atoms with E-state index in [1.807, 2.05) is 104 Å². The van der Waals surface area contributed by atoms with Gasteiger partial charge in [0.1, 0.15) is 28.6 Å². The van der Waals surface area contributed by atoms with Gasteiger partial charge in [-0.2, -0.15) is 10.2 Å². The van der Waals surface area contributed by atoms with Gasteiger partial charge < -0.3 is 58.4 Å². The minimum atomic E-state index is -1.21. The molecule has 0 unspecified atom stereocenters. The Bertz CT molecular complexity index is 6790. The van der Waals surface area contributed by atoms with Crippen molar-refractivity contribution >= 4 is 96.6 Å². The number of non-ortho nitro benzene ring substituents is 2. The van der Waals surface area contributed by atoms with E-state index >= 15 is 0 Å². The number of carboxylic acid groups (broad SMARTS) is 1. The second-order valence-electron chi connectivity index (χ2n) is 27.2. The van der Waals surface area contributed by atoms with E-state index in [0.29, 0.717) is 57.6 Å². The molecule has 9 N–H and O–H groups in total. The predicted molar refractivity (Wildman–Crippen MR) is 491 cm³/mol. The summed E-state index contributed by atoms with van der Waals surface area (Å²) in [5, 5.41) is 52.0. The van der Waals surface area contributed by atoms with Crippen LogP contribution in [0.25, 0.3) is 55.0 Å². The predicted octanol–water partition coefficient (Wildman–Crippen LogP) is 14.6. The third-order valence-electron chi connectivity index (χ3n) is 18.5. The summed E-state index contributed by atoms with van der Waals surface area (Å²) in [7, 11) is 0. The van der Waals surface area contributed by atoms with Gasteiger partial charge >= 0.3 is 144 Å². The number of hydrogen-bond acceptors (Lipinski definition) is 25. The molecule has 39 heteroatoms. The van der Waals surface area contributed by atoms with Gasteiger partial charge in [-0.05, 0) is 217 Å². The van der Waals surface area contributed by atoms with Gasteiger partial charge in [0.25, 0.3) is 23.8 Å². The number of ether oxygens (including phenoxy) is 3. The summed E-state index contributed by atoms with van der Waals surface area (Å²) in [6.07, 6.45) is 15.7. The van der Waals surface area contributed by atoms with E-state index in [9.17, 15) is 56.6 Å². The monoisotopic (exact) mass is 2050 g/mol. The van der Waals surface area contributed by atoms with Crippen LogP contribution in [-0.2, 0) is 9.68 Å². The maximum Gasteiger partial charge on any atom is 1.00 e. The van der Waals surface area contributed by atoms with E-state index in [1.54, 1.807) is 87.4 Å². The Labute approximate surface area is 876 Å². The first-order chi connectivity index (χ1) is 59.1. The number of nitro groups is 2. The summed E-state index contributed by atoms with van der Waals surface area (Å²) in [5.41, 5.74) is 31.1. The van der Waals surface area contributed by atoms with Crippen LogP contribution in [0.2, 0.25) is 0 Å². The summed E-state index contributed by atoms with van der Waals surface area (Å²) >= 11 is 0. The van der Waals surface area contributed by atoms with Crippen molar-refractivity contribution in [1.82, 2.24) is 59.4 Å². The number of carbonyl (C=O) groups excluding carboxylic acids is 2. The maximum absolute atomic E-state index is 14.9. The zero-order chi connectivity index (χ0) is 89.9. The number of nitro benzene ring substituents is 2. The Hall–Kier alpha value is -12.5. The Balaban J connectivity index is 0.000000812. The minimum Gasteiger partial charge on any atom is -1.00 e. The van der Waals surface area contributed by atoms with Crippen LogP contribution in [0.5, 0.6) is 34.5 Å². The van der Waals surface area contributed by atoms with E-state index in [-0.39, 0.29) is 248 Å². The number of aromatic nitrogens is 12. The van der Waals surface area contributed by atoms with Gasteiger partial charge in [-0.3, -0.25) is 49.6 Å². The minimum absolute atomic E-state index is 0. The number of aryl methyl sites for hydroxylation is 10. The first kappa shape index (κ1) is 116. The number of carboxylic acids is 1. The fourth-order valence-electron chi connectivity index (χ4n) is 11.5. The van der Waals surface area contributed by atoms with Gasteiger partial charge in [0.2, 0.25) is 11.9 Å². The summed E-state index contributed by atoms with van der Waals surface area (Å²) < 4.78 is 87.3. The molecule has 8 aromatic heterocycles. The Morgan fingerprint density at radius 3 is 1.18 bits per heavy atom. The molecular weight excluding hydrogens is 1950 g/mol. The van der Waals surface area contributed by atoms with Crippen LogP contribution in [0.1, 0.15) is 123 Å². The van der Waals surface area contributed by atoms with Crippen LogP contribution in [0.3, 0.4) is 0 Å². The van der Waals surface area contributed by atoms with Gasteiger partial charge in [0, 0.05) is 117 Å². The smallest absolute Gasteiger partial charge is 1.00 e. The van der Waals surface area contributed by atoms with Crippen molar-refractivity contribution in [2.24, 2.45) is 0 Å². The molecule has 0 atom stereocenters. The standard InChI is InChI=1S/C26H22FN7O2.C17H13FN2O3.C17H15FN2O.C11H11NO.C9H9N5O2.C6H3F2NO2.CH2O3.6CH4.2Cs.H/c1-14-8-19-21(9-15(14)2)29-7-6-22(19)36-23-5-4-17(10-20(23)27)32-25(35)24-16(3)13-34(33-24)18-11-30-26(28)31-12-18;1-10-7-13-15(8-11(10)2)19-6-5-16(13)23-17-4-3-12(20(21)22)9-14(17)18;1-10-7-13-15(8-11(10)2)20-6-5-16(13)21-17-4-3-12(19)9-14(17)18;1-7-5-9-10(6-8(7)2)12-4-3-11(9)13;1-5-4-14(13-7(5)8(15)16)6-2-11-9(10)12-3-6;7-5-2-1-4(9(10)11)3-6(5)8;2-1-4-3;;;;;;;;;/h4-13H,1-3H3,(H,32,35)(H2,28,30,31);3-9H,1-2H3;3-9H,19H2,1-2H3;3-6H,1-2H3,(H,12,13);2-4H,1H3,(H,15,16)(H2,10,11,12);1-3H;1,3H;6*1H4;;;/q;;;;;;;;;;;;;2*+1;-1/p-1. The molecule has 682 valence electrons. The van der Waals surface area contributed by atoms with Crippen molar-refractivity contribution in [2.45, 2.75) is 114 Å². The maximum atomic E-state index is 14.9. The second kappa shape index (κ2) is 53.1. The van der Waals surface area contributed by atoms with Crippen LogP contribution in [0, 0.1) is 119 Å². The van der Waals surface area contributed by atoms with E-state index in [4.69, 9.17) is 46.6 Å². The second-order valence-corrected chi connectivity index (χ2v) is 27.2. The molecule has 8 aromatic carbocycles. The SMILES string of the molecule is C.C.C.C.C.C.Cc1cc2[nH]ccc(=O)c2cc1C.Cc1cc2nccc(Oc3ccc(N)cc3F)c2cc1C.Cc1cc2nccc(Oc3ccc(NC(=O)c4nn(-c5cnc(N)nc5)cc4C)cc3F)c2cc1C.Cc1cc2nccc(Oc3ccc([N+](=O)[O-])cc3F)c2cc1C.Cc1cn(-c2cnc(N)nc2)nc1C(=O)O.O=CO[O-].O=[N+]([O-])c1ccc(F)c(F)c1.[Cs+].[Cs+].[H-]. The number of rotatable bonds is 14. The number of nitrogen functional groups attached to an aromatic ring is 3. The van der Waals surface area contributed by atoms with E-state index in [2.05, 4.69) is 60.3 Å². The number of anilines is 4. The average Bonchev–Trinajstić information content (AvgIpc) is 1.69. The third-order valence-corrected chi connectivity index (χ3v) is 18.5. The van der Waals surface area contributed by atoms with Crippen molar-refractivity contribution in [3.05, 3.63) is 334 Å². The molecule has 132 heavy (non-hydrogen) atoms. The quantitative estimate of drug-likeness (QED) is 0.0147. The summed E-state index contributed by atoms with van der Waals surface area (Å²) in [6, 6.07) is 36.4. The van der Waals surface area contributed by atoms with Gasteiger partial charge in [-0.1, -0.05) is 44.6 Å². The van der Waals surface area contributed by atoms with Crippen molar-refractivity contribution in [3.8, 4) is 45.9 Å². The molecule has 0 fully saturated rings. The number of H-pyrrole nitrogens is 1. The fraction of sp³-hybridized carbons (Fsp3) is 0.172. The summed E-state index contributed by atoms with van der Waals surface area (Å²) in [6.45, 7) is 19.3. The van der Waals surface area contributed by atoms with Crippen LogP contribution in [-0.4, -0.2) is 92.7 Å². The number of pyridine rings is 4. The molecule has 0 aliphatic carbocycles. The fourth-order valence-corrected chi connectivity index (χ4v) is 11.5. The molecule has 0 saturated heterocycles. The van der Waals surface area contributed by atoms with Crippen molar-refractivity contribution < 1.29 is 215 Å². The van der Waals surface area contributed by atoms with Gasteiger partial charge in [0.05, 0.1) is 63.3 Å². The zero-order valence-electron chi connectivity index (χ0n) is 70.4. The molecule has 0 aliphatic heterocycles. The first-order valence-corrected chi connectivity index (χ1v) is 36.7. The van der Waals surface area contributed by atoms with E-state index in [1.165, 1.54) is 76.1 Å². The number of carbonyl (C=O) groups is 3. The van der Waals surface area contributed by atoms with Crippen LogP contribution in [0.4, 0.5) is 56.6 Å². The molecule has 32 nitrogen and oxygen atoms in total. The van der Waals surface area contributed by atoms with Crippen molar-refractivity contribution in [1.29, 1.82) is 0 Å². The normalized spacial score (nSPS) is 9.85. The summed E-state index contributed by atoms with van der Waals surface area (Å²) in [5.74, 6) is -3.81. The van der Waals surface area contributed by atoms with Gasteiger partial charge in [-0.25, -0.2) is 56.0 Å². The Morgan fingerprint density at radius 1 is 0.447 bits per heavy atom. The number of nitrogens with zero attached hydrogens (tertiary/aromatic N) is 13. The van der Waals surface area contributed by atoms with Crippen LogP contribution < -0.4 is 185 Å². The number of amides is 1. The van der Waals surface area contributed by atoms with Gasteiger partial charge in [-0.15, -0.1) is 0 Å². The average molecular weight is 2050 g/mol. The first-order valence-electron chi connectivity index (χ1n) is 36.7. The number of aromatic amines is 1. The zero-order valence-corrected chi connectivity index (χ0v) is 82.0. The number of hydrogen-bond donors (Lipinski definition) is 6. The summed E-state index contributed by atoms with van der Waals surface area (Å²) in [4.78, 5) is 97.0. The third kappa shape index (κ3) is 30.5. The molecule has 8 heterocycles. The molecule has 0 bridgehead atoms. The van der Waals surface area contributed by atoms with E-state index in [0.717, 1.165) is 94.7 Å². The Kier molecular flexibility index (Phi) is 46.5.